The van der Waals surface area contributed by atoms with E-state index >= 15 is 0 Å². The average Bonchev–Trinajstić information content (AvgIpc) is 2.17. The highest BCUT2D eigenvalue weighted by atomic mass is 35.5. The van der Waals surface area contributed by atoms with E-state index < -0.39 is 0 Å². The van der Waals surface area contributed by atoms with Gasteiger partial charge in [0.1, 0.15) is 0 Å². The van der Waals surface area contributed by atoms with E-state index in [9.17, 15) is 0 Å². The Morgan fingerprint density at radius 3 is 2.80 bits per heavy atom. The summed E-state index contributed by atoms with van der Waals surface area (Å²) in [5.74, 6) is 0. The third kappa shape index (κ3) is 1.54. The van der Waals surface area contributed by atoms with Crippen molar-refractivity contribution in [3.63, 3.8) is 0 Å². The number of halogens is 1. The van der Waals surface area contributed by atoms with E-state index in [-0.39, 0.29) is 0 Å². The fourth-order valence-corrected chi connectivity index (χ4v) is 2.00. The summed E-state index contributed by atoms with van der Waals surface area (Å²) in [4.78, 5) is 4.42. The van der Waals surface area contributed by atoms with Crippen LogP contribution in [0.2, 0.25) is 5.02 Å². The van der Waals surface area contributed by atoms with Crippen molar-refractivity contribution in [2.75, 3.05) is 5.73 Å². The summed E-state index contributed by atoms with van der Waals surface area (Å²) < 4.78 is 0. The van der Waals surface area contributed by atoms with E-state index in [0.717, 1.165) is 22.2 Å². The molecule has 0 aliphatic rings. The number of fused-ring (bicyclic) bond motifs is 1. The van der Waals surface area contributed by atoms with Gasteiger partial charge >= 0.3 is 0 Å². The first-order valence-corrected chi connectivity index (χ1v) is 5.06. The number of hydrogen-bond acceptors (Lipinski definition) is 3. The van der Waals surface area contributed by atoms with Gasteiger partial charge in [0.15, 0.2) is 0 Å². The molecule has 0 saturated carbocycles. The van der Waals surface area contributed by atoms with Gasteiger partial charge in [-0.15, -0.1) is 0 Å². The predicted octanol–water partition coefficient (Wildman–Crippen LogP) is 2.24. The maximum atomic E-state index is 6.08. The highest BCUT2D eigenvalue weighted by Gasteiger charge is 2.10. The molecule has 0 atom stereocenters. The first kappa shape index (κ1) is 10.2. The third-order valence-corrected chi connectivity index (χ3v) is 2.83. The molecule has 2 rings (SSSR count). The second kappa shape index (κ2) is 3.68. The molecule has 15 heavy (non-hydrogen) atoms. The Kier molecular flexibility index (Phi) is 2.50. The van der Waals surface area contributed by atoms with Crippen molar-refractivity contribution in [2.45, 2.75) is 13.5 Å². The molecule has 1 aromatic heterocycles. The molecule has 0 saturated heterocycles. The molecule has 0 amide bonds. The van der Waals surface area contributed by atoms with E-state index in [2.05, 4.69) is 4.98 Å². The van der Waals surface area contributed by atoms with Crippen LogP contribution in [0.4, 0.5) is 5.69 Å². The number of nitrogens with zero attached hydrogens (tertiary/aromatic N) is 1. The van der Waals surface area contributed by atoms with Crippen molar-refractivity contribution in [2.24, 2.45) is 5.73 Å². The molecule has 4 N–H and O–H groups in total. The van der Waals surface area contributed by atoms with Crippen LogP contribution in [0.3, 0.4) is 0 Å². The number of hydrogen-bond donors (Lipinski definition) is 2. The molecule has 1 heterocycles. The summed E-state index contributed by atoms with van der Waals surface area (Å²) in [6, 6.07) is 5.56. The summed E-state index contributed by atoms with van der Waals surface area (Å²) in [5, 5.41) is 1.41. The Hall–Kier alpha value is -1.32. The molecular weight excluding hydrogens is 210 g/mol. The zero-order valence-corrected chi connectivity index (χ0v) is 9.17. The maximum absolute atomic E-state index is 6.08. The Morgan fingerprint density at radius 1 is 1.40 bits per heavy atom. The second-order valence-electron chi connectivity index (χ2n) is 3.43. The van der Waals surface area contributed by atoms with Gasteiger partial charge in [0.2, 0.25) is 0 Å². The van der Waals surface area contributed by atoms with Crippen molar-refractivity contribution in [3.8, 4) is 0 Å². The Labute approximate surface area is 93.0 Å². The fourth-order valence-electron chi connectivity index (χ4n) is 1.72. The summed E-state index contributed by atoms with van der Waals surface area (Å²) in [6.45, 7) is 2.28. The van der Waals surface area contributed by atoms with Gasteiger partial charge in [0, 0.05) is 28.9 Å². The minimum Gasteiger partial charge on any atom is -0.398 e. The molecule has 0 spiro atoms. The number of aromatic nitrogens is 1. The van der Waals surface area contributed by atoms with Crippen molar-refractivity contribution in [3.05, 3.63) is 34.5 Å². The lowest BCUT2D eigenvalue weighted by atomic mass is 10.1. The van der Waals surface area contributed by atoms with Crippen LogP contribution in [-0.2, 0) is 6.54 Å². The first-order valence-electron chi connectivity index (χ1n) is 4.68. The van der Waals surface area contributed by atoms with Gasteiger partial charge in [-0.25, -0.2) is 0 Å². The lowest BCUT2D eigenvalue weighted by molar-refractivity contribution is 1.03. The predicted molar refractivity (Wildman–Crippen MR) is 63.8 cm³/mol. The highest BCUT2D eigenvalue weighted by Crippen LogP contribution is 2.31. The van der Waals surface area contributed by atoms with E-state index in [0.29, 0.717) is 17.3 Å². The molecule has 3 nitrogen and oxygen atoms in total. The molecule has 0 unspecified atom stereocenters. The maximum Gasteiger partial charge on any atom is 0.0741 e. The summed E-state index contributed by atoms with van der Waals surface area (Å²) >= 11 is 6.08. The minimum atomic E-state index is 0.381. The molecule has 4 heteroatoms. The van der Waals surface area contributed by atoms with Crippen molar-refractivity contribution < 1.29 is 0 Å². The van der Waals surface area contributed by atoms with E-state index in [1.807, 2.05) is 19.1 Å². The van der Waals surface area contributed by atoms with Crippen molar-refractivity contribution in [1.29, 1.82) is 0 Å². The largest absolute Gasteiger partial charge is 0.398 e. The normalized spacial score (nSPS) is 10.9. The molecule has 78 valence electrons. The number of rotatable bonds is 1. The molecule has 0 aliphatic heterocycles. The van der Waals surface area contributed by atoms with Gasteiger partial charge in [-0.1, -0.05) is 17.7 Å². The second-order valence-corrected chi connectivity index (χ2v) is 3.83. The molecule has 2 aromatic rings. The minimum absolute atomic E-state index is 0.381. The van der Waals surface area contributed by atoms with Crippen LogP contribution in [-0.4, -0.2) is 4.98 Å². The zero-order valence-electron chi connectivity index (χ0n) is 8.42. The molecule has 1 aromatic carbocycles. The number of nitrogens with two attached hydrogens (primary N) is 2. The number of anilines is 1. The Balaban J connectivity index is 2.92. The zero-order chi connectivity index (χ0) is 11.0. The average molecular weight is 222 g/mol. The molecule has 0 bridgehead atoms. The van der Waals surface area contributed by atoms with Crippen LogP contribution in [0.5, 0.6) is 0 Å². The number of nitrogen functional groups attached to an aromatic ring is 1. The van der Waals surface area contributed by atoms with Gasteiger partial charge < -0.3 is 11.5 Å². The van der Waals surface area contributed by atoms with Crippen molar-refractivity contribution in [1.82, 2.24) is 4.98 Å². The SMILES string of the molecule is Cc1nc2cccc(Cl)c2c(N)c1CN. The lowest BCUT2D eigenvalue weighted by Crippen LogP contribution is -2.06. The van der Waals surface area contributed by atoms with Gasteiger partial charge in [0.25, 0.3) is 0 Å². The quantitative estimate of drug-likeness (QED) is 0.776. The lowest BCUT2D eigenvalue weighted by Gasteiger charge is -2.11. The summed E-state index contributed by atoms with van der Waals surface area (Å²) in [5.41, 5.74) is 14.9. The summed E-state index contributed by atoms with van der Waals surface area (Å²) in [6.07, 6.45) is 0. The molecule has 0 aliphatic carbocycles. The van der Waals surface area contributed by atoms with Crippen LogP contribution in [0, 0.1) is 6.92 Å². The topological polar surface area (TPSA) is 64.9 Å². The smallest absolute Gasteiger partial charge is 0.0741 e. The number of benzene rings is 1. The third-order valence-electron chi connectivity index (χ3n) is 2.52. The standard InChI is InChI=1S/C11H12ClN3/c1-6-7(5-13)11(14)10-8(12)3-2-4-9(10)15-6/h2-4H,5,13H2,1H3,(H2,14,15). The van der Waals surface area contributed by atoms with Crippen LogP contribution in [0.15, 0.2) is 18.2 Å². The van der Waals surface area contributed by atoms with Crippen LogP contribution >= 0.6 is 11.6 Å². The van der Waals surface area contributed by atoms with Crippen molar-refractivity contribution >= 4 is 28.2 Å². The molecule has 0 radical (unpaired) electrons. The van der Waals surface area contributed by atoms with Gasteiger partial charge in [-0.2, -0.15) is 0 Å². The number of pyridine rings is 1. The van der Waals surface area contributed by atoms with Gasteiger partial charge in [-0.3, -0.25) is 4.98 Å². The first-order chi connectivity index (χ1) is 7.15. The fraction of sp³-hybridized carbons (Fsp3) is 0.182. The Morgan fingerprint density at radius 2 is 2.13 bits per heavy atom. The van der Waals surface area contributed by atoms with Crippen LogP contribution in [0.1, 0.15) is 11.3 Å². The van der Waals surface area contributed by atoms with E-state index in [1.165, 1.54) is 0 Å². The Bertz CT molecular complexity index is 523. The van der Waals surface area contributed by atoms with Crippen LogP contribution in [0.25, 0.3) is 10.9 Å². The number of aryl methyl sites for hydroxylation is 1. The van der Waals surface area contributed by atoms with Crippen LogP contribution < -0.4 is 11.5 Å². The van der Waals surface area contributed by atoms with Gasteiger partial charge in [-0.05, 0) is 19.1 Å². The van der Waals surface area contributed by atoms with E-state index in [1.54, 1.807) is 6.07 Å². The van der Waals surface area contributed by atoms with Gasteiger partial charge in [0.05, 0.1) is 10.5 Å². The molecule has 0 fully saturated rings. The highest BCUT2D eigenvalue weighted by molar-refractivity contribution is 6.36. The summed E-state index contributed by atoms with van der Waals surface area (Å²) in [7, 11) is 0. The van der Waals surface area contributed by atoms with E-state index in [4.69, 9.17) is 23.1 Å². The monoisotopic (exact) mass is 221 g/mol. The molecular formula is C11H12ClN3.